The SMILES string of the molecule is C[B]C=CC=C/C=C/C=Cc1ccccc1. The quantitative estimate of drug-likeness (QED) is 0.504. The van der Waals surface area contributed by atoms with Crippen LogP contribution in [0.4, 0.5) is 0 Å². The monoisotopic (exact) mass is 207 g/mol. The molecule has 0 saturated carbocycles. The Morgan fingerprint density at radius 1 is 0.812 bits per heavy atom. The van der Waals surface area contributed by atoms with Crippen molar-refractivity contribution in [3.8, 4) is 0 Å². The van der Waals surface area contributed by atoms with E-state index in [-0.39, 0.29) is 0 Å². The number of benzene rings is 1. The van der Waals surface area contributed by atoms with Crippen molar-refractivity contribution < 1.29 is 0 Å². The minimum absolute atomic E-state index is 1.22. The zero-order valence-corrected chi connectivity index (χ0v) is 9.58. The molecule has 79 valence electrons. The molecule has 1 rings (SSSR count). The summed E-state index contributed by atoms with van der Waals surface area (Å²) in [5.74, 6) is 2.00. The molecule has 0 atom stereocenters. The molecule has 0 amide bonds. The average molecular weight is 207 g/mol. The molecule has 0 bridgehead atoms. The van der Waals surface area contributed by atoms with Crippen LogP contribution in [0.3, 0.4) is 0 Å². The second-order valence-corrected chi connectivity index (χ2v) is 3.26. The molecule has 16 heavy (non-hydrogen) atoms. The van der Waals surface area contributed by atoms with Gasteiger partial charge in [0, 0.05) is 0 Å². The molecule has 0 aliphatic heterocycles. The smallest absolute Gasteiger partial charge is 0.123 e. The molecule has 0 aliphatic rings. The summed E-state index contributed by atoms with van der Waals surface area (Å²) in [5.41, 5.74) is 1.22. The van der Waals surface area contributed by atoms with Crippen LogP contribution in [0.1, 0.15) is 5.56 Å². The van der Waals surface area contributed by atoms with Gasteiger partial charge in [0.05, 0.1) is 0 Å². The number of hydrogen-bond donors (Lipinski definition) is 0. The van der Waals surface area contributed by atoms with Gasteiger partial charge in [-0.3, -0.25) is 0 Å². The van der Waals surface area contributed by atoms with Crippen molar-refractivity contribution in [3.05, 3.63) is 78.3 Å². The van der Waals surface area contributed by atoms with Gasteiger partial charge in [-0.1, -0.05) is 79.7 Å². The molecule has 0 nitrogen and oxygen atoms in total. The maximum absolute atomic E-state index is 2.08. The van der Waals surface area contributed by atoms with Gasteiger partial charge < -0.3 is 0 Å². The van der Waals surface area contributed by atoms with Crippen LogP contribution in [0.15, 0.2) is 72.8 Å². The first-order valence-electron chi connectivity index (χ1n) is 5.44. The van der Waals surface area contributed by atoms with Crippen LogP contribution in [-0.4, -0.2) is 7.28 Å². The highest BCUT2D eigenvalue weighted by Crippen LogP contribution is 2.00. The highest BCUT2D eigenvalue weighted by molar-refractivity contribution is 6.40. The van der Waals surface area contributed by atoms with Crippen LogP contribution in [0.2, 0.25) is 6.82 Å². The Kier molecular flexibility index (Phi) is 6.58. The summed E-state index contributed by atoms with van der Waals surface area (Å²) in [6.45, 7) is 2.00. The lowest BCUT2D eigenvalue weighted by Crippen LogP contribution is -1.67. The number of hydrogen-bond acceptors (Lipinski definition) is 0. The standard InChI is InChI=1S/C15H16B/c1-16-14-10-5-3-2-4-7-11-15-12-8-6-9-13-15/h2-14H,1H3/b4-2+,5-3?,11-7?,14-10?. The Morgan fingerprint density at radius 2 is 1.44 bits per heavy atom. The third kappa shape index (κ3) is 5.87. The fourth-order valence-electron chi connectivity index (χ4n) is 1.16. The maximum Gasteiger partial charge on any atom is 0.137 e. The van der Waals surface area contributed by atoms with E-state index in [0.717, 1.165) is 0 Å². The molecule has 0 aromatic heterocycles. The molecule has 0 unspecified atom stereocenters. The Morgan fingerprint density at radius 3 is 2.12 bits per heavy atom. The van der Waals surface area contributed by atoms with Gasteiger partial charge >= 0.3 is 0 Å². The molecule has 0 aliphatic carbocycles. The highest BCUT2D eigenvalue weighted by atomic mass is 13.8. The fraction of sp³-hybridized carbons (Fsp3) is 0.0667. The van der Waals surface area contributed by atoms with Gasteiger partial charge in [-0.05, 0) is 5.56 Å². The lowest BCUT2D eigenvalue weighted by Gasteiger charge is -1.87. The van der Waals surface area contributed by atoms with E-state index >= 15 is 0 Å². The van der Waals surface area contributed by atoms with E-state index in [9.17, 15) is 0 Å². The van der Waals surface area contributed by atoms with Crippen molar-refractivity contribution in [1.29, 1.82) is 0 Å². The first-order valence-corrected chi connectivity index (χ1v) is 5.44. The van der Waals surface area contributed by atoms with Crippen LogP contribution in [0.25, 0.3) is 6.08 Å². The summed E-state index contributed by atoms with van der Waals surface area (Å²) in [6.07, 6.45) is 14.2. The summed E-state index contributed by atoms with van der Waals surface area (Å²) >= 11 is 0. The van der Waals surface area contributed by atoms with Crippen LogP contribution >= 0.6 is 0 Å². The first kappa shape index (κ1) is 12.3. The van der Waals surface area contributed by atoms with E-state index in [0.29, 0.717) is 0 Å². The van der Waals surface area contributed by atoms with Gasteiger partial charge in [0.15, 0.2) is 0 Å². The average Bonchev–Trinajstić information content (AvgIpc) is 2.34. The van der Waals surface area contributed by atoms with Crippen LogP contribution < -0.4 is 0 Å². The van der Waals surface area contributed by atoms with Crippen molar-refractivity contribution in [2.45, 2.75) is 6.82 Å². The molecular formula is C15H16B. The zero-order valence-electron chi connectivity index (χ0n) is 9.58. The fourth-order valence-corrected chi connectivity index (χ4v) is 1.16. The van der Waals surface area contributed by atoms with Crippen molar-refractivity contribution in [2.24, 2.45) is 0 Å². The van der Waals surface area contributed by atoms with E-state index in [2.05, 4.69) is 18.2 Å². The molecule has 0 N–H and O–H groups in total. The van der Waals surface area contributed by atoms with Crippen molar-refractivity contribution in [1.82, 2.24) is 0 Å². The number of rotatable bonds is 5. The number of allylic oxidation sites excluding steroid dienone is 6. The minimum Gasteiger partial charge on any atom is -0.123 e. The van der Waals surface area contributed by atoms with Gasteiger partial charge in [0.25, 0.3) is 0 Å². The predicted octanol–water partition coefficient (Wildman–Crippen LogP) is 4.08. The summed E-state index contributed by atoms with van der Waals surface area (Å²) in [7, 11) is 2.00. The Hall–Kier alpha value is -1.76. The summed E-state index contributed by atoms with van der Waals surface area (Å²) in [5, 5.41) is 0. The van der Waals surface area contributed by atoms with E-state index in [1.165, 1.54) is 5.56 Å². The predicted molar refractivity (Wildman–Crippen MR) is 74.5 cm³/mol. The molecule has 0 heterocycles. The molecule has 0 spiro atoms. The first-order chi connectivity index (χ1) is 7.93. The van der Waals surface area contributed by atoms with Crippen LogP contribution in [-0.2, 0) is 0 Å². The second-order valence-electron chi connectivity index (χ2n) is 3.26. The topological polar surface area (TPSA) is 0 Å². The molecule has 1 heteroatoms. The van der Waals surface area contributed by atoms with E-state index in [1.807, 2.05) is 74.7 Å². The third-order valence-corrected chi connectivity index (χ3v) is 1.95. The van der Waals surface area contributed by atoms with Gasteiger partial charge in [-0.25, -0.2) is 0 Å². The Labute approximate surface area is 98.9 Å². The van der Waals surface area contributed by atoms with Crippen molar-refractivity contribution >= 4 is 13.4 Å². The Balaban J connectivity index is 2.34. The maximum atomic E-state index is 2.08. The van der Waals surface area contributed by atoms with E-state index < -0.39 is 0 Å². The van der Waals surface area contributed by atoms with Crippen molar-refractivity contribution in [2.75, 3.05) is 0 Å². The molecular weight excluding hydrogens is 191 g/mol. The van der Waals surface area contributed by atoms with Gasteiger partial charge in [-0.2, -0.15) is 0 Å². The molecule has 1 radical (unpaired) electrons. The van der Waals surface area contributed by atoms with Gasteiger partial charge in [0.2, 0.25) is 0 Å². The van der Waals surface area contributed by atoms with Gasteiger partial charge in [0.1, 0.15) is 7.28 Å². The molecule has 1 aromatic rings. The van der Waals surface area contributed by atoms with E-state index in [1.54, 1.807) is 0 Å². The largest absolute Gasteiger partial charge is 0.137 e. The molecule has 0 fully saturated rings. The van der Waals surface area contributed by atoms with Gasteiger partial charge in [-0.15, -0.1) is 5.98 Å². The summed E-state index contributed by atoms with van der Waals surface area (Å²) in [6, 6.07) is 10.3. The van der Waals surface area contributed by atoms with E-state index in [4.69, 9.17) is 0 Å². The summed E-state index contributed by atoms with van der Waals surface area (Å²) < 4.78 is 0. The third-order valence-electron chi connectivity index (χ3n) is 1.95. The lowest BCUT2D eigenvalue weighted by atomic mass is 9.82. The zero-order chi connectivity index (χ0) is 11.5. The normalized spacial score (nSPS) is 12.3. The van der Waals surface area contributed by atoms with Crippen LogP contribution in [0, 0.1) is 0 Å². The van der Waals surface area contributed by atoms with Crippen LogP contribution in [0.5, 0.6) is 0 Å². The highest BCUT2D eigenvalue weighted by Gasteiger charge is 1.78. The van der Waals surface area contributed by atoms with Crippen molar-refractivity contribution in [3.63, 3.8) is 0 Å². The lowest BCUT2D eigenvalue weighted by molar-refractivity contribution is 1.66. The molecule has 1 aromatic carbocycles. The molecule has 0 saturated heterocycles. The summed E-state index contributed by atoms with van der Waals surface area (Å²) in [4.78, 5) is 0. The minimum atomic E-state index is 1.22. The Bertz CT molecular complexity index is 383. The second kappa shape index (κ2) is 8.54.